The van der Waals surface area contributed by atoms with Gasteiger partial charge in [0, 0.05) is 25.2 Å². The van der Waals surface area contributed by atoms with Gasteiger partial charge in [-0.1, -0.05) is 67.6 Å². The lowest BCUT2D eigenvalue weighted by Gasteiger charge is -2.38. The first-order valence-electron chi connectivity index (χ1n) is 19.1. The number of ether oxygens (including phenoxy) is 3. The predicted octanol–water partition coefficient (Wildman–Crippen LogP) is 2.52. The fourth-order valence-electron chi connectivity index (χ4n) is 7.33. The molecule has 0 saturated carbocycles. The van der Waals surface area contributed by atoms with Crippen molar-refractivity contribution in [3.63, 3.8) is 0 Å². The minimum absolute atomic E-state index is 0.120. The van der Waals surface area contributed by atoms with Crippen LogP contribution in [-0.4, -0.2) is 130 Å². The summed E-state index contributed by atoms with van der Waals surface area (Å²) in [5.74, 6) is -4.14. The molecule has 17 heteroatoms. The molecular formula is C40H49N5O12. The van der Waals surface area contributed by atoms with Crippen LogP contribution in [-0.2, 0) is 44.8 Å². The Bertz CT molecular complexity index is 1790. The number of Topliss-reactive ketones (excluding diaryl/α,β-unsaturated/α-hetero) is 1. The maximum atomic E-state index is 13.8. The first-order valence-corrected chi connectivity index (χ1v) is 19.1. The highest BCUT2D eigenvalue weighted by molar-refractivity contribution is 5.98. The molecule has 5 amide bonds. The summed E-state index contributed by atoms with van der Waals surface area (Å²) >= 11 is 0. The Balaban J connectivity index is 1.20. The number of hydrogen-bond donors (Lipinski definition) is 3. The second-order valence-electron chi connectivity index (χ2n) is 14.5. The zero-order valence-corrected chi connectivity index (χ0v) is 32.0. The van der Waals surface area contributed by atoms with Crippen molar-refractivity contribution in [1.29, 1.82) is 0 Å². The number of carbonyl (C=O) groups is 8. The van der Waals surface area contributed by atoms with Crippen LogP contribution >= 0.6 is 0 Å². The summed E-state index contributed by atoms with van der Waals surface area (Å²) in [6, 6.07) is 11.4. The van der Waals surface area contributed by atoms with Crippen LogP contribution in [0.3, 0.4) is 0 Å². The lowest BCUT2D eigenvalue weighted by Crippen LogP contribution is -2.59. The van der Waals surface area contributed by atoms with Gasteiger partial charge in [-0.05, 0) is 56.9 Å². The van der Waals surface area contributed by atoms with Crippen molar-refractivity contribution in [3.05, 3.63) is 71.8 Å². The molecule has 3 fully saturated rings. The van der Waals surface area contributed by atoms with E-state index in [0.717, 1.165) is 4.90 Å². The van der Waals surface area contributed by atoms with E-state index in [1.54, 1.807) is 60.7 Å². The molecule has 5 rings (SSSR count). The molecule has 3 aliphatic heterocycles. The average Bonchev–Trinajstić information content (AvgIpc) is 3.88. The third-order valence-corrected chi connectivity index (χ3v) is 10.3. The van der Waals surface area contributed by atoms with Crippen LogP contribution in [0.25, 0.3) is 0 Å². The fraction of sp³-hybridized carbons (Fsp3) is 0.500. The normalized spacial score (nSPS) is 21.5. The van der Waals surface area contributed by atoms with E-state index in [-0.39, 0.29) is 38.6 Å². The SMILES string of the molecule is C[C@@H]1C[C@@H](C(=O)OC[C@H](NC(=O)OCc2ccccc2)C(=O)OCC(=O)c2ccccc2)N(C(=O)[C@H](C)NC(=O)[C@@H]2CCCCN2C(=O)[C@@H]2CCCN2C(=O)O)C1. The van der Waals surface area contributed by atoms with Gasteiger partial charge in [0.2, 0.25) is 17.7 Å². The van der Waals surface area contributed by atoms with E-state index >= 15 is 0 Å². The van der Waals surface area contributed by atoms with Gasteiger partial charge in [0.05, 0.1) is 0 Å². The van der Waals surface area contributed by atoms with Gasteiger partial charge < -0.3 is 39.8 Å². The predicted molar refractivity (Wildman–Crippen MR) is 200 cm³/mol. The first-order chi connectivity index (χ1) is 27.3. The lowest BCUT2D eigenvalue weighted by atomic mass is 9.99. The van der Waals surface area contributed by atoms with E-state index in [1.807, 2.05) is 6.92 Å². The standard InChI is InChI=1S/C40H49N5O12/c1-25-20-32(45(21-25)35(48)26(2)41-34(47)30-16-9-10-18-43(30)36(49)31-17-11-19-44(31)40(53)54)38(51)55-23-29(42-39(52)57-22-27-12-5-3-6-13-27)37(50)56-24-33(46)28-14-7-4-8-15-28/h3-8,12-15,25-26,29-32H,9-11,16-24H2,1-2H3,(H,41,47)(H,42,52)(H,53,54)/t25-,26+,29+,30+,31+,32+/m1/s1. The number of alkyl carbamates (subject to hydrolysis) is 1. The molecule has 17 nitrogen and oxygen atoms in total. The van der Waals surface area contributed by atoms with Gasteiger partial charge in [0.15, 0.2) is 18.4 Å². The van der Waals surface area contributed by atoms with Gasteiger partial charge in [-0.25, -0.2) is 19.2 Å². The molecule has 0 radical (unpaired) electrons. The van der Waals surface area contributed by atoms with Crippen molar-refractivity contribution < 1.29 is 57.7 Å². The smallest absolute Gasteiger partial charge is 0.408 e. The molecule has 3 N–H and O–H groups in total. The average molecular weight is 792 g/mol. The van der Waals surface area contributed by atoms with Gasteiger partial charge >= 0.3 is 24.1 Å². The van der Waals surface area contributed by atoms with Gasteiger partial charge in [0.1, 0.15) is 37.4 Å². The Hall–Kier alpha value is -6.00. The maximum Gasteiger partial charge on any atom is 0.408 e. The zero-order valence-electron chi connectivity index (χ0n) is 32.0. The van der Waals surface area contributed by atoms with E-state index in [0.29, 0.717) is 43.2 Å². The first kappa shape index (κ1) is 42.1. The number of nitrogens with zero attached hydrogens (tertiary/aromatic N) is 3. The maximum absolute atomic E-state index is 13.8. The minimum atomic E-state index is -1.57. The number of nitrogens with one attached hydrogen (secondary N) is 2. The Morgan fingerprint density at radius 1 is 0.772 bits per heavy atom. The summed E-state index contributed by atoms with van der Waals surface area (Å²) in [6.07, 6.45) is 0.550. The Kier molecular flexibility index (Phi) is 14.6. The number of likely N-dealkylation sites (tertiary alicyclic amines) is 3. The van der Waals surface area contributed by atoms with E-state index in [1.165, 1.54) is 16.7 Å². The molecule has 0 bridgehead atoms. The molecule has 0 spiro atoms. The van der Waals surface area contributed by atoms with E-state index < -0.39 is 91.1 Å². The van der Waals surface area contributed by atoms with Gasteiger partial charge in [-0.2, -0.15) is 0 Å². The monoisotopic (exact) mass is 791 g/mol. The summed E-state index contributed by atoms with van der Waals surface area (Å²) in [5.41, 5.74) is 0.979. The van der Waals surface area contributed by atoms with Crippen molar-refractivity contribution in [1.82, 2.24) is 25.3 Å². The molecule has 0 aromatic heterocycles. The topological polar surface area (TPSA) is 218 Å². The van der Waals surface area contributed by atoms with E-state index in [9.17, 15) is 43.5 Å². The van der Waals surface area contributed by atoms with Crippen LogP contribution in [0.4, 0.5) is 9.59 Å². The Morgan fingerprint density at radius 2 is 1.44 bits per heavy atom. The van der Waals surface area contributed by atoms with Gasteiger partial charge in [0.25, 0.3) is 0 Å². The molecule has 2 aromatic carbocycles. The van der Waals surface area contributed by atoms with E-state index in [4.69, 9.17) is 14.2 Å². The van der Waals surface area contributed by atoms with Gasteiger partial charge in [-0.15, -0.1) is 0 Å². The third-order valence-electron chi connectivity index (χ3n) is 10.3. The highest BCUT2D eigenvalue weighted by Gasteiger charge is 2.44. The molecule has 0 unspecified atom stereocenters. The van der Waals surface area contributed by atoms with E-state index in [2.05, 4.69) is 10.6 Å². The quantitative estimate of drug-likeness (QED) is 0.143. The third kappa shape index (κ3) is 11.1. The van der Waals surface area contributed by atoms with Crippen molar-refractivity contribution in [2.75, 3.05) is 32.8 Å². The van der Waals surface area contributed by atoms with Crippen molar-refractivity contribution >= 4 is 47.6 Å². The lowest BCUT2D eigenvalue weighted by molar-refractivity contribution is -0.157. The zero-order chi connectivity index (χ0) is 41.1. The second kappa shape index (κ2) is 19.7. The molecule has 3 aliphatic rings. The van der Waals surface area contributed by atoms with Crippen LogP contribution in [0.2, 0.25) is 0 Å². The number of carboxylic acid groups (broad SMARTS) is 1. The number of ketones is 1. The summed E-state index contributed by atoms with van der Waals surface area (Å²) in [5, 5.41) is 14.6. The summed E-state index contributed by atoms with van der Waals surface area (Å²) < 4.78 is 15.9. The summed E-state index contributed by atoms with van der Waals surface area (Å²) in [4.78, 5) is 108. The Labute approximate surface area is 329 Å². The van der Waals surface area contributed by atoms with Gasteiger partial charge in [-0.3, -0.25) is 24.1 Å². The molecule has 306 valence electrons. The van der Waals surface area contributed by atoms with Crippen LogP contribution < -0.4 is 10.6 Å². The van der Waals surface area contributed by atoms with Crippen LogP contribution in [0.15, 0.2) is 60.7 Å². The molecule has 57 heavy (non-hydrogen) atoms. The van der Waals surface area contributed by atoms with Crippen molar-refractivity contribution in [3.8, 4) is 0 Å². The molecule has 2 aromatic rings. The summed E-state index contributed by atoms with van der Waals surface area (Å²) in [7, 11) is 0. The number of piperidine rings is 1. The fourth-order valence-corrected chi connectivity index (χ4v) is 7.33. The second-order valence-corrected chi connectivity index (χ2v) is 14.5. The molecular weight excluding hydrogens is 742 g/mol. The number of carbonyl (C=O) groups excluding carboxylic acids is 7. The number of benzene rings is 2. The highest BCUT2D eigenvalue weighted by atomic mass is 16.6. The van der Waals surface area contributed by atoms with Crippen molar-refractivity contribution in [2.24, 2.45) is 5.92 Å². The highest BCUT2D eigenvalue weighted by Crippen LogP contribution is 2.27. The number of amides is 5. The van der Waals surface area contributed by atoms with Crippen LogP contribution in [0.5, 0.6) is 0 Å². The molecule has 6 atom stereocenters. The van der Waals surface area contributed by atoms with Crippen LogP contribution in [0, 0.1) is 5.92 Å². The van der Waals surface area contributed by atoms with Crippen LogP contribution in [0.1, 0.15) is 68.3 Å². The number of rotatable bonds is 14. The molecule has 3 saturated heterocycles. The Morgan fingerprint density at radius 3 is 2.14 bits per heavy atom. The summed E-state index contributed by atoms with van der Waals surface area (Å²) in [6.45, 7) is 2.51. The number of hydrogen-bond acceptors (Lipinski definition) is 11. The molecule has 0 aliphatic carbocycles. The largest absolute Gasteiger partial charge is 0.465 e. The minimum Gasteiger partial charge on any atom is -0.465 e. The van der Waals surface area contributed by atoms with Crippen molar-refractivity contribution in [2.45, 2.75) is 89.2 Å². The number of esters is 2. The molecule has 3 heterocycles.